The highest BCUT2D eigenvalue weighted by molar-refractivity contribution is 5.27. The molecule has 5 nitrogen and oxygen atoms in total. The van der Waals surface area contributed by atoms with E-state index < -0.39 is 0 Å². The lowest BCUT2D eigenvalue weighted by atomic mass is 9.64. The second kappa shape index (κ2) is 6.50. The van der Waals surface area contributed by atoms with E-state index in [1.807, 2.05) is 19.1 Å². The number of nitrogens with zero attached hydrogens (tertiary/aromatic N) is 3. The minimum atomic E-state index is -0.174. The van der Waals surface area contributed by atoms with Crippen LogP contribution >= 0.6 is 0 Å². The molecule has 1 saturated carbocycles. The lowest BCUT2D eigenvalue weighted by Crippen LogP contribution is -2.33. The molecule has 0 bridgehead atoms. The van der Waals surface area contributed by atoms with E-state index in [1.165, 1.54) is 16.6 Å². The number of fused-ring (bicyclic) bond motifs is 1. The molecule has 1 aromatic carbocycles. The molecule has 0 spiro atoms. The molecule has 4 rings (SSSR count). The molecule has 1 aromatic heterocycles. The van der Waals surface area contributed by atoms with Gasteiger partial charge in [-0.15, -0.1) is 0 Å². The third-order valence-electron chi connectivity index (χ3n) is 6.24. The molecule has 2 fully saturated rings. The first-order valence-corrected chi connectivity index (χ1v) is 9.24. The van der Waals surface area contributed by atoms with Crippen LogP contribution in [0, 0.1) is 24.6 Å². The summed E-state index contributed by atoms with van der Waals surface area (Å²) in [6, 6.07) is 6.96. The van der Waals surface area contributed by atoms with Crippen LogP contribution in [0.25, 0.3) is 0 Å². The normalized spacial score (nSPS) is 25.1. The summed E-state index contributed by atoms with van der Waals surface area (Å²) < 4.78 is 14.6. The van der Waals surface area contributed by atoms with Gasteiger partial charge in [0.25, 0.3) is 5.56 Å². The van der Waals surface area contributed by atoms with Crippen molar-refractivity contribution in [3.05, 3.63) is 57.3 Å². The number of likely N-dealkylation sites (tertiary alicyclic amines) is 1. The van der Waals surface area contributed by atoms with Crippen LogP contribution in [0.15, 0.2) is 29.1 Å². The average Bonchev–Trinajstić information content (AvgIpc) is 2.91. The van der Waals surface area contributed by atoms with Gasteiger partial charge in [0, 0.05) is 37.9 Å². The highest BCUT2D eigenvalue weighted by atomic mass is 19.1. The molecule has 2 heterocycles. The van der Waals surface area contributed by atoms with E-state index in [9.17, 15) is 9.18 Å². The van der Waals surface area contributed by atoms with Gasteiger partial charge in [0.05, 0.1) is 0 Å². The van der Waals surface area contributed by atoms with Crippen LogP contribution in [0.5, 0.6) is 0 Å². The number of anilines is 1. The fourth-order valence-corrected chi connectivity index (χ4v) is 4.61. The lowest BCUT2D eigenvalue weighted by molar-refractivity contribution is 0.191. The van der Waals surface area contributed by atoms with E-state index in [2.05, 4.69) is 9.88 Å². The molecule has 26 heavy (non-hydrogen) atoms. The SMILES string of the molecule is Cc1nc(N)n(C)c(=O)c1CCN1CC2CC(c3ccc(F)cc3)C2C1. The maximum Gasteiger partial charge on any atom is 0.258 e. The third kappa shape index (κ3) is 2.92. The second-order valence-corrected chi connectivity index (χ2v) is 7.73. The van der Waals surface area contributed by atoms with Gasteiger partial charge in [-0.3, -0.25) is 9.36 Å². The Kier molecular flexibility index (Phi) is 4.31. The van der Waals surface area contributed by atoms with Crippen LogP contribution in [0.4, 0.5) is 10.3 Å². The van der Waals surface area contributed by atoms with Gasteiger partial charge in [-0.05, 0) is 55.2 Å². The van der Waals surface area contributed by atoms with Crippen LogP contribution in [0.1, 0.15) is 29.2 Å². The summed E-state index contributed by atoms with van der Waals surface area (Å²) in [6.45, 7) is 4.86. The molecule has 3 atom stereocenters. The fourth-order valence-electron chi connectivity index (χ4n) is 4.61. The molecule has 138 valence electrons. The van der Waals surface area contributed by atoms with Crippen LogP contribution in [0.2, 0.25) is 0 Å². The lowest BCUT2D eigenvalue weighted by Gasteiger charge is -2.40. The van der Waals surface area contributed by atoms with Gasteiger partial charge in [0.15, 0.2) is 0 Å². The molecule has 2 N–H and O–H groups in total. The number of aryl methyl sites for hydroxylation is 1. The summed E-state index contributed by atoms with van der Waals surface area (Å²) in [5.41, 5.74) is 8.46. The number of rotatable bonds is 4. The van der Waals surface area contributed by atoms with Crippen LogP contribution in [0.3, 0.4) is 0 Å². The van der Waals surface area contributed by atoms with Crippen molar-refractivity contribution >= 4 is 5.95 Å². The largest absolute Gasteiger partial charge is 0.369 e. The van der Waals surface area contributed by atoms with Gasteiger partial charge in [-0.25, -0.2) is 9.37 Å². The first-order valence-electron chi connectivity index (χ1n) is 9.24. The predicted molar refractivity (Wildman–Crippen MR) is 99.5 cm³/mol. The Morgan fingerprint density at radius 3 is 2.73 bits per heavy atom. The van der Waals surface area contributed by atoms with Crippen molar-refractivity contribution in [3.8, 4) is 0 Å². The zero-order valence-electron chi connectivity index (χ0n) is 15.3. The van der Waals surface area contributed by atoms with E-state index in [1.54, 1.807) is 19.2 Å². The molecule has 1 aliphatic heterocycles. The molecule has 6 heteroatoms. The molecular weight excluding hydrogens is 331 g/mol. The minimum Gasteiger partial charge on any atom is -0.369 e. The van der Waals surface area contributed by atoms with Crippen molar-refractivity contribution in [2.24, 2.45) is 18.9 Å². The highest BCUT2D eigenvalue weighted by Gasteiger charge is 2.47. The standard InChI is InChI=1S/C20H25FN4O/c1-12-16(19(26)24(2)20(22)23-12)7-8-25-10-14-9-17(18(14)11-25)13-3-5-15(21)6-4-13/h3-6,14,17-18H,7-11H2,1-2H3,(H2,22,23). The topological polar surface area (TPSA) is 64.1 Å². The van der Waals surface area contributed by atoms with Gasteiger partial charge >= 0.3 is 0 Å². The minimum absolute atomic E-state index is 0.0404. The van der Waals surface area contributed by atoms with Crippen molar-refractivity contribution in [1.29, 1.82) is 0 Å². The number of nitrogens with two attached hydrogens (primary N) is 1. The Labute approximate surface area is 152 Å². The zero-order valence-corrected chi connectivity index (χ0v) is 15.3. The van der Waals surface area contributed by atoms with E-state index in [-0.39, 0.29) is 17.3 Å². The Bertz CT molecular complexity index is 877. The molecule has 0 radical (unpaired) electrons. The Morgan fingerprint density at radius 2 is 2.00 bits per heavy atom. The number of aromatic nitrogens is 2. The zero-order chi connectivity index (χ0) is 18.4. The Morgan fingerprint density at radius 1 is 1.27 bits per heavy atom. The first kappa shape index (κ1) is 17.2. The monoisotopic (exact) mass is 356 g/mol. The van der Waals surface area contributed by atoms with Crippen LogP contribution in [-0.2, 0) is 13.5 Å². The maximum absolute atomic E-state index is 13.1. The summed E-state index contributed by atoms with van der Waals surface area (Å²) in [4.78, 5) is 19.1. The first-order chi connectivity index (χ1) is 12.4. The number of benzene rings is 1. The van der Waals surface area contributed by atoms with Crippen molar-refractivity contribution in [2.75, 3.05) is 25.4 Å². The molecule has 2 aliphatic rings. The van der Waals surface area contributed by atoms with Crippen molar-refractivity contribution in [1.82, 2.24) is 14.5 Å². The number of halogens is 1. The van der Waals surface area contributed by atoms with Gasteiger partial charge < -0.3 is 10.6 Å². The second-order valence-electron chi connectivity index (χ2n) is 7.73. The maximum atomic E-state index is 13.1. The molecule has 3 unspecified atom stereocenters. The smallest absolute Gasteiger partial charge is 0.258 e. The number of hydrogen-bond acceptors (Lipinski definition) is 4. The van der Waals surface area contributed by atoms with E-state index in [4.69, 9.17) is 5.73 Å². The summed E-state index contributed by atoms with van der Waals surface area (Å²) in [5.74, 6) is 2.00. The Hall–Kier alpha value is -2.21. The summed E-state index contributed by atoms with van der Waals surface area (Å²) in [7, 11) is 1.66. The van der Waals surface area contributed by atoms with Gasteiger partial charge in [0.1, 0.15) is 5.82 Å². The molecule has 2 aromatic rings. The molecule has 0 amide bonds. The van der Waals surface area contributed by atoms with Crippen LogP contribution in [-0.4, -0.2) is 34.1 Å². The molecular formula is C20H25FN4O. The summed E-state index contributed by atoms with van der Waals surface area (Å²) >= 11 is 0. The Balaban J connectivity index is 1.40. The summed E-state index contributed by atoms with van der Waals surface area (Å²) in [5, 5.41) is 0. The fraction of sp³-hybridized carbons (Fsp3) is 0.500. The highest BCUT2D eigenvalue weighted by Crippen LogP contribution is 2.51. The predicted octanol–water partition coefficient (Wildman–Crippen LogP) is 2.09. The van der Waals surface area contributed by atoms with Gasteiger partial charge in [-0.2, -0.15) is 0 Å². The van der Waals surface area contributed by atoms with E-state index >= 15 is 0 Å². The third-order valence-corrected chi connectivity index (χ3v) is 6.24. The summed E-state index contributed by atoms with van der Waals surface area (Å²) in [6.07, 6.45) is 1.88. The van der Waals surface area contributed by atoms with Crippen molar-refractivity contribution in [3.63, 3.8) is 0 Å². The average molecular weight is 356 g/mol. The van der Waals surface area contributed by atoms with Crippen LogP contribution < -0.4 is 11.3 Å². The van der Waals surface area contributed by atoms with Gasteiger partial charge in [-0.1, -0.05) is 12.1 Å². The molecule has 1 aliphatic carbocycles. The number of hydrogen-bond donors (Lipinski definition) is 1. The molecule has 1 saturated heterocycles. The van der Waals surface area contributed by atoms with Crippen molar-refractivity contribution < 1.29 is 4.39 Å². The van der Waals surface area contributed by atoms with Crippen molar-refractivity contribution in [2.45, 2.75) is 25.7 Å². The van der Waals surface area contributed by atoms with E-state index in [0.717, 1.165) is 36.8 Å². The van der Waals surface area contributed by atoms with E-state index in [0.29, 0.717) is 18.3 Å². The number of nitrogen functional groups attached to an aromatic ring is 1. The van der Waals surface area contributed by atoms with Gasteiger partial charge in [0.2, 0.25) is 5.95 Å². The quantitative estimate of drug-likeness (QED) is 0.911.